The molecule has 0 aliphatic rings. The molecular formula is C13H17NO5. The lowest BCUT2D eigenvalue weighted by molar-refractivity contribution is -0.139. The molecule has 0 aromatic heterocycles. The fourth-order valence-electron chi connectivity index (χ4n) is 1.56. The molecule has 0 radical (unpaired) electrons. The molecule has 0 spiro atoms. The van der Waals surface area contributed by atoms with Crippen LogP contribution in [0.2, 0.25) is 0 Å². The van der Waals surface area contributed by atoms with Gasteiger partial charge >= 0.3 is 5.97 Å². The molecule has 6 heteroatoms. The van der Waals surface area contributed by atoms with E-state index < -0.39 is 17.9 Å². The zero-order valence-electron chi connectivity index (χ0n) is 11.1. The highest BCUT2D eigenvalue weighted by atomic mass is 16.5. The highest BCUT2D eigenvalue weighted by molar-refractivity contribution is 5.97. The monoisotopic (exact) mass is 267 g/mol. The van der Waals surface area contributed by atoms with E-state index in [1.54, 1.807) is 19.1 Å². The minimum absolute atomic E-state index is 0.314. The Morgan fingerprint density at radius 2 is 1.89 bits per heavy atom. The van der Waals surface area contributed by atoms with Gasteiger partial charge in [-0.05, 0) is 24.6 Å². The number of hydrogen-bond acceptors (Lipinski definition) is 4. The topological polar surface area (TPSA) is 84.9 Å². The Balaban J connectivity index is 2.91. The molecular weight excluding hydrogens is 250 g/mol. The van der Waals surface area contributed by atoms with Crippen LogP contribution in [0.25, 0.3) is 0 Å². The van der Waals surface area contributed by atoms with E-state index in [1.807, 2.05) is 0 Å². The van der Waals surface area contributed by atoms with Gasteiger partial charge in [0.2, 0.25) is 0 Å². The second-order valence-corrected chi connectivity index (χ2v) is 3.84. The van der Waals surface area contributed by atoms with Gasteiger partial charge in [-0.3, -0.25) is 4.79 Å². The van der Waals surface area contributed by atoms with Gasteiger partial charge in [0.05, 0.1) is 14.2 Å². The first kappa shape index (κ1) is 14.8. The number of rotatable bonds is 6. The summed E-state index contributed by atoms with van der Waals surface area (Å²) < 4.78 is 10.1. The molecule has 0 saturated heterocycles. The summed E-state index contributed by atoms with van der Waals surface area (Å²) in [7, 11) is 2.96. The van der Waals surface area contributed by atoms with Crippen molar-refractivity contribution >= 4 is 11.9 Å². The number of carboxylic acids is 1. The Kier molecular flexibility index (Phi) is 5.17. The molecule has 1 rings (SSSR count). The number of nitrogens with one attached hydrogen (secondary N) is 1. The first-order valence-corrected chi connectivity index (χ1v) is 5.79. The summed E-state index contributed by atoms with van der Waals surface area (Å²) in [5.74, 6) is -0.602. The van der Waals surface area contributed by atoms with E-state index in [9.17, 15) is 9.59 Å². The second-order valence-electron chi connectivity index (χ2n) is 3.84. The Bertz CT molecular complexity index is 472. The average molecular weight is 267 g/mol. The number of amides is 1. The van der Waals surface area contributed by atoms with E-state index in [0.717, 1.165) is 0 Å². The number of carbonyl (C=O) groups excluding carboxylic acids is 1. The van der Waals surface area contributed by atoms with Crippen LogP contribution in [0.5, 0.6) is 11.5 Å². The normalized spacial score (nSPS) is 11.5. The summed E-state index contributed by atoms with van der Waals surface area (Å²) in [5.41, 5.74) is 0.317. The van der Waals surface area contributed by atoms with Crippen LogP contribution in [0.4, 0.5) is 0 Å². The Labute approximate surface area is 111 Å². The molecule has 104 valence electrons. The summed E-state index contributed by atoms with van der Waals surface area (Å²) in [6.07, 6.45) is 0.314. The SMILES string of the molecule is CC[C@@H](NC(=O)c1ccc(OC)c(OC)c1)C(=O)O. The lowest BCUT2D eigenvalue weighted by Gasteiger charge is -2.13. The first-order valence-electron chi connectivity index (χ1n) is 5.79. The van der Waals surface area contributed by atoms with Crippen molar-refractivity contribution in [2.45, 2.75) is 19.4 Å². The summed E-state index contributed by atoms with van der Waals surface area (Å²) in [4.78, 5) is 22.8. The van der Waals surface area contributed by atoms with Crippen molar-refractivity contribution in [1.82, 2.24) is 5.32 Å². The molecule has 0 aliphatic carbocycles. The van der Waals surface area contributed by atoms with Gasteiger partial charge in [0, 0.05) is 5.56 Å². The van der Waals surface area contributed by atoms with Crippen LogP contribution in [-0.2, 0) is 4.79 Å². The van der Waals surface area contributed by atoms with Crippen LogP contribution in [0.3, 0.4) is 0 Å². The van der Waals surface area contributed by atoms with E-state index in [0.29, 0.717) is 23.5 Å². The molecule has 1 aromatic rings. The highest BCUT2D eigenvalue weighted by Crippen LogP contribution is 2.27. The number of benzene rings is 1. The van der Waals surface area contributed by atoms with Crippen molar-refractivity contribution in [3.8, 4) is 11.5 Å². The van der Waals surface area contributed by atoms with E-state index >= 15 is 0 Å². The Morgan fingerprint density at radius 3 is 2.37 bits per heavy atom. The molecule has 6 nitrogen and oxygen atoms in total. The van der Waals surface area contributed by atoms with Crippen molar-refractivity contribution in [2.75, 3.05) is 14.2 Å². The largest absolute Gasteiger partial charge is 0.493 e. The maximum Gasteiger partial charge on any atom is 0.326 e. The van der Waals surface area contributed by atoms with E-state index in [-0.39, 0.29) is 0 Å². The van der Waals surface area contributed by atoms with Gasteiger partial charge in [0.15, 0.2) is 11.5 Å². The van der Waals surface area contributed by atoms with Crippen LogP contribution in [0, 0.1) is 0 Å². The fraction of sp³-hybridized carbons (Fsp3) is 0.385. The third-order valence-electron chi connectivity index (χ3n) is 2.66. The van der Waals surface area contributed by atoms with Crippen LogP contribution in [-0.4, -0.2) is 37.2 Å². The molecule has 0 fully saturated rings. The van der Waals surface area contributed by atoms with Gasteiger partial charge in [-0.2, -0.15) is 0 Å². The maximum atomic E-state index is 11.9. The molecule has 2 N–H and O–H groups in total. The smallest absolute Gasteiger partial charge is 0.326 e. The molecule has 0 aliphatic heterocycles. The van der Waals surface area contributed by atoms with Gasteiger partial charge in [-0.1, -0.05) is 6.92 Å². The predicted octanol–water partition coefficient (Wildman–Crippen LogP) is 1.30. The number of hydrogen-bond donors (Lipinski definition) is 2. The zero-order chi connectivity index (χ0) is 14.4. The van der Waals surface area contributed by atoms with E-state index in [2.05, 4.69) is 5.32 Å². The molecule has 0 heterocycles. The lowest BCUT2D eigenvalue weighted by Crippen LogP contribution is -2.40. The van der Waals surface area contributed by atoms with Crippen LogP contribution in [0.15, 0.2) is 18.2 Å². The highest BCUT2D eigenvalue weighted by Gasteiger charge is 2.19. The van der Waals surface area contributed by atoms with E-state index in [1.165, 1.54) is 20.3 Å². The first-order chi connectivity index (χ1) is 9.03. The van der Waals surface area contributed by atoms with Crippen molar-refractivity contribution in [2.24, 2.45) is 0 Å². The molecule has 0 bridgehead atoms. The summed E-state index contributed by atoms with van der Waals surface area (Å²) >= 11 is 0. The average Bonchev–Trinajstić information content (AvgIpc) is 2.43. The number of methoxy groups -OCH3 is 2. The zero-order valence-corrected chi connectivity index (χ0v) is 11.1. The van der Waals surface area contributed by atoms with Gasteiger partial charge < -0.3 is 19.9 Å². The van der Waals surface area contributed by atoms with E-state index in [4.69, 9.17) is 14.6 Å². The third-order valence-corrected chi connectivity index (χ3v) is 2.66. The van der Waals surface area contributed by atoms with Crippen molar-refractivity contribution < 1.29 is 24.2 Å². The Hall–Kier alpha value is -2.24. The number of carboxylic acid groups (broad SMARTS) is 1. The Morgan fingerprint density at radius 1 is 1.26 bits per heavy atom. The molecule has 0 unspecified atom stereocenters. The fourth-order valence-corrected chi connectivity index (χ4v) is 1.56. The standard InChI is InChI=1S/C13H17NO5/c1-4-9(13(16)17)14-12(15)8-5-6-10(18-2)11(7-8)19-3/h5-7,9H,4H2,1-3H3,(H,14,15)(H,16,17)/t9-/m1/s1. The minimum atomic E-state index is -1.06. The molecule has 1 atom stereocenters. The van der Waals surface area contributed by atoms with Gasteiger partial charge in [-0.25, -0.2) is 4.79 Å². The quantitative estimate of drug-likeness (QED) is 0.811. The maximum absolute atomic E-state index is 11.9. The lowest BCUT2D eigenvalue weighted by atomic mass is 10.1. The van der Waals surface area contributed by atoms with Crippen molar-refractivity contribution in [3.05, 3.63) is 23.8 Å². The number of aliphatic carboxylic acids is 1. The van der Waals surface area contributed by atoms with Crippen molar-refractivity contribution in [1.29, 1.82) is 0 Å². The third kappa shape index (κ3) is 3.61. The van der Waals surface area contributed by atoms with Gasteiger partial charge in [0.25, 0.3) is 5.91 Å². The minimum Gasteiger partial charge on any atom is -0.493 e. The summed E-state index contributed by atoms with van der Waals surface area (Å²) in [6, 6.07) is 3.74. The molecule has 19 heavy (non-hydrogen) atoms. The van der Waals surface area contributed by atoms with Crippen LogP contribution >= 0.6 is 0 Å². The van der Waals surface area contributed by atoms with Gasteiger partial charge in [0.1, 0.15) is 6.04 Å². The summed E-state index contributed by atoms with van der Waals surface area (Å²) in [5, 5.41) is 11.3. The van der Waals surface area contributed by atoms with Gasteiger partial charge in [-0.15, -0.1) is 0 Å². The predicted molar refractivity (Wildman–Crippen MR) is 68.7 cm³/mol. The number of carbonyl (C=O) groups is 2. The molecule has 0 saturated carbocycles. The van der Waals surface area contributed by atoms with Crippen LogP contribution in [0.1, 0.15) is 23.7 Å². The van der Waals surface area contributed by atoms with Crippen molar-refractivity contribution in [3.63, 3.8) is 0 Å². The number of ether oxygens (including phenoxy) is 2. The molecule has 1 aromatic carbocycles. The summed E-state index contributed by atoms with van der Waals surface area (Å²) in [6.45, 7) is 1.69. The second kappa shape index (κ2) is 6.63. The van der Waals surface area contributed by atoms with Crippen LogP contribution < -0.4 is 14.8 Å². The molecule has 1 amide bonds.